The molecule has 8 heteroatoms. The van der Waals surface area contributed by atoms with Crippen LogP contribution < -0.4 is 4.74 Å². The van der Waals surface area contributed by atoms with Crippen LogP contribution in [0.15, 0.2) is 52.8 Å². The summed E-state index contributed by atoms with van der Waals surface area (Å²) in [5.41, 5.74) is 0. The van der Waals surface area contributed by atoms with E-state index in [2.05, 4.69) is 9.97 Å². The molecule has 0 N–H and O–H groups in total. The first-order chi connectivity index (χ1) is 10.5. The Morgan fingerprint density at radius 2 is 1.77 bits per heavy atom. The number of hydrogen-bond donors (Lipinski definition) is 0. The summed E-state index contributed by atoms with van der Waals surface area (Å²) in [6, 6.07) is 8.15. The molecule has 2 rings (SSSR count). The third-order valence-electron chi connectivity index (χ3n) is 2.73. The molecule has 6 nitrogen and oxygen atoms in total. The fourth-order valence-electron chi connectivity index (χ4n) is 1.57. The first-order valence-corrected chi connectivity index (χ1v) is 8.98. The Kier molecular flexibility index (Phi) is 5.76. The molecule has 0 spiro atoms. The minimum absolute atomic E-state index is 0.247. The van der Waals surface area contributed by atoms with Crippen LogP contribution in [0, 0.1) is 0 Å². The molecule has 0 saturated carbocycles. The standard InChI is InChI=1S/C14H17N3O3S2/c1-17(2)22(18,19)13-6-4-12(5-7-13)20-10-11-21-14-15-8-3-9-16-14/h3-9H,10-11H2,1-2H3. The number of aromatic nitrogens is 2. The van der Waals surface area contributed by atoms with E-state index >= 15 is 0 Å². The Morgan fingerprint density at radius 3 is 2.36 bits per heavy atom. The van der Waals surface area contributed by atoms with Crippen LogP contribution in [0.2, 0.25) is 0 Å². The van der Waals surface area contributed by atoms with Gasteiger partial charge < -0.3 is 4.74 Å². The summed E-state index contributed by atoms with van der Waals surface area (Å²) in [4.78, 5) is 8.45. The SMILES string of the molecule is CN(C)S(=O)(=O)c1ccc(OCCSc2ncccn2)cc1. The van der Waals surface area contributed by atoms with Crippen molar-refractivity contribution in [2.75, 3.05) is 26.5 Å². The van der Waals surface area contributed by atoms with E-state index in [1.165, 1.54) is 42.3 Å². The van der Waals surface area contributed by atoms with Crippen LogP contribution in [0.4, 0.5) is 0 Å². The first kappa shape index (κ1) is 16.7. The molecule has 2 aromatic rings. The Morgan fingerprint density at radius 1 is 1.14 bits per heavy atom. The van der Waals surface area contributed by atoms with E-state index in [4.69, 9.17) is 4.74 Å². The van der Waals surface area contributed by atoms with Crippen LogP contribution in [0.1, 0.15) is 0 Å². The lowest BCUT2D eigenvalue weighted by atomic mass is 10.3. The summed E-state index contributed by atoms with van der Waals surface area (Å²) >= 11 is 1.50. The smallest absolute Gasteiger partial charge is 0.242 e. The van der Waals surface area contributed by atoms with E-state index in [0.717, 1.165) is 0 Å². The molecule has 0 aliphatic carbocycles. The van der Waals surface area contributed by atoms with Crippen LogP contribution >= 0.6 is 11.8 Å². The summed E-state index contributed by atoms with van der Waals surface area (Å²) in [6.07, 6.45) is 3.39. The quantitative estimate of drug-likeness (QED) is 0.436. The van der Waals surface area contributed by atoms with Crippen molar-refractivity contribution < 1.29 is 13.2 Å². The van der Waals surface area contributed by atoms with Gasteiger partial charge in [0.15, 0.2) is 5.16 Å². The summed E-state index contributed by atoms with van der Waals surface area (Å²) in [7, 11) is -0.393. The zero-order valence-electron chi connectivity index (χ0n) is 12.3. The second-order valence-corrected chi connectivity index (χ2v) is 7.70. The van der Waals surface area contributed by atoms with E-state index < -0.39 is 10.0 Å². The molecule has 0 bridgehead atoms. The van der Waals surface area contributed by atoms with Crippen LogP contribution in [0.3, 0.4) is 0 Å². The molecule has 1 aromatic heterocycles. The number of nitrogens with zero attached hydrogens (tertiary/aromatic N) is 3. The number of hydrogen-bond acceptors (Lipinski definition) is 6. The molecule has 0 atom stereocenters. The van der Waals surface area contributed by atoms with Crippen molar-refractivity contribution in [3.63, 3.8) is 0 Å². The van der Waals surface area contributed by atoms with Gasteiger partial charge in [-0.1, -0.05) is 11.8 Å². The Bertz CT molecular complexity index is 689. The summed E-state index contributed by atoms with van der Waals surface area (Å²) < 4.78 is 30.6. The maximum atomic E-state index is 11.9. The van der Waals surface area contributed by atoms with E-state index in [-0.39, 0.29) is 4.90 Å². The molecule has 118 valence electrons. The fourth-order valence-corrected chi connectivity index (χ4v) is 3.09. The molecular formula is C14H17N3O3S2. The Balaban J connectivity index is 1.84. The van der Waals surface area contributed by atoms with Gasteiger partial charge in [0, 0.05) is 32.2 Å². The van der Waals surface area contributed by atoms with Gasteiger partial charge in [-0.15, -0.1) is 0 Å². The normalized spacial score (nSPS) is 11.6. The summed E-state index contributed by atoms with van der Waals surface area (Å²) in [5.74, 6) is 1.34. The van der Waals surface area contributed by atoms with Crippen molar-refractivity contribution in [1.29, 1.82) is 0 Å². The molecule has 1 aromatic carbocycles. The molecular weight excluding hydrogens is 322 g/mol. The highest BCUT2D eigenvalue weighted by atomic mass is 32.2. The molecule has 0 saturated heterocycles. The lowest BCUT2D eigenvalue weighted by molar-refractivity contribution is 0.343. The van der Waals surface area contributed by atoms with Gasteiger partial charge in [0.25, 0.3) is 0 Å². The second kappa shape index (κ2) is 7.57. The highest BCUT2D eigenvalue weighted by Gasteiger charge is 2.16. The zero-order valence-corrected chi connectivity index (χ0v) is 14.0. The van der Waals surface area contributed by atoms with Crippen LogP contribution in [0.5, 0.6) is 5.75 Å². The molecule has 0 fully saturated rings. The van der Waals surface area contributed by atoms with E-state index in [9.17, 15) is 8.42 Å². The highest BCUT2D eigenvalue weighted by Crippen LogP contribution is 2.18. The molecule has 0 radical (unpaired) electrons. The molecule has 0 aliphatic rings. The third-order valence-corrected chi connectivity index (χ3v) is 5.40. The third kappa shape index (κ3) is 4.43. The van der Waals surface area contributed by atoms with Gasteiger partial charge in [-0.2, -0.15) is 0 Å². The van der Waals surface area contributed by atoms with Gasteiger partial charge in [0.1, 0.15) is 5.75 Å². The topological polar surface area (TPSA) is 72.4 Å². The van der Waals surface area contributed by atoms with Crippen molar-refractivity contribution in [3.05, 3.63) is 42.7 Å². The number of benzene rings is 1. The van der Waals surface area contributed by atoms with Crippen molar-refractivity contribution in [3.8, 4) is 5.75 Å². The monoisotopic (exact) mass is 339 g/mol. The molecule has 0 aliphatic heterocycles. The minimum atomic E-state index is -3.40. The van der Waals surface area contributed by atoms with Crippen molar-refractivity contribution in [1.82, 2.24) is 14.3 Å². The first-order valence-electron chi connectivity index (χ1n) is 6.55. The Labute approximate surface area is 134 Å². The summed E-state index contributed by atoms with van der Waals surface area (Å²) in [6.45, 7) is 0.489. The predicted molar refractivity (Wildman–Crippen MR) is 85.6 cm³/mol. The zero-order chi connectivity index (χ0) is 16.0. The maximum absolute atomic E-state index is 11.9. The molecule has 0 unspecified atom stereocenters. The van der Waals surface area contributed by atoms with E-state index in [1.54, 1.807) is 30.6 Å². The minimum Gasteiger partial charge on any atom is -0.493 e. The highest BCUT2D eigenvalue weighted by molar-refractivity contribution is 7.99. The number of rotatable bonds is 7. The molecule has 0 amide bonds. The lowest BCUT2D eigenvalue weighted by Gasteiger charge is -2.12. The molecule has 22 heavy (non-hydrogen) atoms. The van der Waals surface area contributed by atoms with Crippen molar-refractivity contribution >= 4 is 21.8 Å². The average molecular weight is 339 g/mol. The second-order valence-electron chi connectivity index (χ2n) is 4.49. The van der Waals surface area contributed by atoms with Gasteiger partial charge in [-0.05, 0) is 30.3 Å². The fraction of sp³-hybridized carbons (Fsp3) is 0.286. The van der Waals surface area contributed by atoms with Crippen LogP contribution in [0.25, 0.3) is 0 Å². The lowest BCUT2D eigenvalue weighted by Crippen LogP contribution is -2.22. The van der Waals surface area contributed by atoms with Crippen molar-refractivity contribution in [2.45, 2.75) is 10.1 Å². The number of ether oxygens (including phenoxy) is 1. The maximum Gasteiger partial charge on any atom is 0.242 e. The van der Waals surface area contributed by atoms with Gasteiger partial charge in [0.05, 0.1) is 11.5 Å². The Hall–Kier alpha value is -1.64. The van der Waals surface area contributed by atoms with Gasteiger partial charge >= 0.3 is 0 Å². The number of sulfonamides is 1. The van der Waals surface area contributed by atoms with Crippen LogP contribution in [-0.2, 0) is 10.0 Å². The van der Waals surface area contributed by atoms with Crippen molar-refractivity contribution in [2.24, 2.45) is 0 Å². The molecule has 1 heterocycles. The van der Waals surface area contributed by atoms with Crippen LogP contribution in [-0.4, -0.2) is 49.1 Å². The van der Waals surface area contributed by atoms with Gasteiger partial charge in [0.2, 0.25) is 10.0 Å². The van der Waals surface area contributed by atoms with Gasteiger partial charge in [-0.25, -0.2) is 22.7 Å². The van der Waals surface area contributed by atoms with E-state index in [0.29, 0.717) is 23.3 Å². The van der Waals surface area contributed by atoms with E-state index in [1.807, 2.05) is 0 Å². The predicted octanol–water partition coefficient (Wildman–Crippen LogP) is 1.90. The van der Waals surface area contributed by atoms with Gasteiger partial charge in [-0.3, -0.25) is 0 Å². The number of thioether (sulfide) groups is 1. The largest absolute Gasteiger partial charge is 0.493 e. The summed E-state index contributed by atoms with van der Waals surface area (Å²) in [5, 5.41) is 0.707. The average Bonchev–Trinajstić information content (AvgIpc) is 2.53.